The van der Waals surface area contributed by atoms with E-state index in [1.807, 2.05) is 0 Å². The summed E-state index contributed by atoms with van der Waals surface area (Å²) in [5, 5.41) is 3.61. The van der Waals surface area contributed by atoms with E-state index in [-0.39, 0.29) is 0 Å². The van der Waals surface area contributed by atoms with Gasteiger partial charge in [0, 0.05) is 6.04 Å². The van der Waals surface area contributed by atoms with Crippen molar-refractivity contribution >= 4 is 0 Å². The van der Waals surface area contributed by atoms with E-state index in [0.29, 0.717) is 0 Å². The quantitative estimate of drug-likeness (QED) is 0.417. The highest BCUT2D eigenvalue weighted by Gasteiger charge is 2.23. The van der Waals surface area contributed by atoms with E-state index < -0.39 is 0 Å². The third-order valence-electron chi connectivity index (χ3n) is 4.71. The average Bonchev–Trinajstić information content (AvgIpc) is 2.43. The molecule has 0 spiro atoms. The van der Waals surface area contributed by atoms with Crippen LogP contribution in [-0.4, -0.2) is 13.1 Å². The van der Waals surface area contributed by atoms with Crippen LogP contribution in [-0.2, 0) is 0 Å². The molecule has 0 aliphatic rings. The van der Waals surface area contributed by atoms with E-state index >= 15 is 0 Å². The Morgan fingerprint density at radius 3 is 1.89 bits per heavy atom. The maximum atomic E-state index is 3.61. The fourth-order valence-electron chi connectivity index (χ4n) is 3.22. The molecule has 1 heteroatoms. The lowest BCUT2D eigenvalue weighted by Crippen LogP contribution is -2.39. The molecular formula is C18H39N. The summed E-state index contributed by atoms with van der Waals surface area (Å²) in [7, 11) is 2.16. The minimum Gasteiger partial charge on any atom is -0.316 e. The van der Waals surface area contributed by atoms with Gasteiger partial charge in [0.05, 0.1) is 0 Å². The molecule has 0 aromatic carbocycles. The lowest BCUT2D eigenvalue weighted by Gasteiger charge is -2.31. The van der Waals surface area contributed by atoms with Crippen LogP contribution >= 0.6 is 0 Å². The van der Waals surface area contributed by atoms with Crippen LogP contribution in [0, 0.1) is 11.8 Å². The highest BCUT2D eigenvalue weighted by atomic mass is 14.9. The molecule has 1 N–H and O–H groups in total. The lowest BCUT2D eigenvalue weighted by molar-refractivity contribution is 0.242. The highest BCUT2D eigenvalue weighted by Crippen LogP contribution is 2.26. The van der Waals surface area contributed by atoms with E-state index in [2.05, 4.69) is 40.1 Å². The number of unbranched alkanes of at least 4 members (excludes halogenated alkanes) is 5. The minimum atomic E-state index is 0.725. The van der Waals surface area contributed by atoms with Crippen LogP contribution in [0.3, 0.4) is 0 Å². The summed E-state index contributed by atoms with van der Waals surface area (Å²) in [5.74, 6) is 1.70. The van der Waals surface area contributed by atoms with Crippen LogP contribution < -0.4 is 5.32 Å². The summed E-state index contributed by atoms with van der Waals surface area (Å²) >= 11 is 0. The number of hydrogen-bond donors (Lipinski definition) is 1. The van der Waals surface area contributed by atoms with E-state index in [1.54, 1.807) is 0 Å². The van der Waals surface area contributed by atoms with Crippen molar-refractivity contribution in [3.8, 4) is 0 Å². The van der Waals surface area contributed by atoms with Crippen LogP contribution in [0.2, 0.25) is 0 Å². The van der Waals surface area contributed by atoms with Crippen LogP contribution in [0.25, 0.3) is 0 Å². The SMILES string of the molecule is CCCCCCCC(CCCC)C(NC)C(C)CC. The molecule has 3 atom stereocenters. The van der Waals surface area contributed by atoms with Gasteiger partial charge in [-0.15, -0.1) is 0 Å². The summed E-state index contributed by atoms with van der Waals surface area (Å²) in [5.41, 5.74) is 0. The Morgan fingerprint density at radius 1 is 0.789 bits per heavy atom. The van der Waals surface area contributed by atoms with Gasteiger partial charge in [-0.1, -0.05) is 79.1 Å². The zero-order valence-electron chi connectivity index (χ0n) is 14.3. The van der Waals surface area contributed by atoms with Crippen molar-refractivity contribution in [3.63, 3.8) is 0 Å². The van der Waals surface area contributed by atoms with Gasteiger partial charge in [-0.25, -0.2) is 0 Å². The molecule has 0 saturated heterocycles. The molecule has 0 aliphatic carbocycles. The Kier molecular flexibility index (Phi) is 12.9. The first-order chi connectivity index (χ1) is 9.21. The summed E-state index contributed by atoms with van der Waals surface area (Å²) in [6.45, 7) is 9.35. The number of hydrogen-bond acceptors (Lipinski definition) is 1. The fraction of sp³-hybridized carbons (Fsp3) is 1.00. The van der Waals surface area contributed by atoms with Crippen molar-refractivity contribution in [3.05, 3.63) is 0 Å². The second kappa shape index (κ2) is 13.0. The molecule has 3 unspecified atom stereocenters. The average molecular weight is 270 g/mol. The Bertz CT molecular complexity index is 179. The maximum Gasteiger partial charge on any atom is 0.0118 e. The monoisotopic (exact) mass is 269 g/mol. The zero-order valence-corrected chi connectivity index (χ0v) is 14.3. The number of rotatable bonds is 13. The van der Waals surface area contributed by atoms with E-state index in [9.17, 15) is 0 Å². The topological polar surface area (TPSA) is 12.0 Å². The first kappa shape index (κ1) is 19.0. The van der Waals surface area contributed by atoms with Gasteiger partial charge in [0.15, 0.2) is 0 Å². The molecule has 19 heavy (non-hydrogen) atoms. The van der Waals surface area contributed by atoms with Crippen LogP contribution in [0.5, 0.6) is 0 Å². The first-order valence-corrected chi connectivity index (χ1v) is 8.88. The molecule has 116 valence electrons. The Hall–Kier alpha value is -0.0400. The molecular weight excluding hydrogens is 230 g/mol. The van der Waals surface area contributed by atoms with Gasteiger partial charge in [-0.05, 0) is 31.7 Å². The molecule has 0 heterocycles. The molecule has 0 aliphatic heterocycles. The molecule has 0 fully saturated rings. The second-order valence-corrected chi connectivity index (χ2v) is 6.31. The lowest BCUT2D eigenvalue weighted by atomic mass is 9.81. The number of nitrogens with one attached hydrogen (secondary N) is 1. The maximum absolute atomic E-state index is 3.61. The summed E-state index contributed by atoms with van der Waals surface area (Å²) in [4.78, 5) is 0. The van der Waals surface area contributed by atoms with E-state index in [4.69, 9.17) is 0 Å². The molecule has 0 amide bonds. The third-order valence-corrected chi connectivity index (χ3v) is 4.71. The molecule has 0 radical (unpaired) electrons. The third kappa shape index (κ3) is 8.68. The van der Waals surface area contributed by atoms with Gasteiger partial charge < -0.3 is 5.32 Å². The summed E-state index contributed by atoms with van der Waals surface area (Å²) in [6.07, 6.45) is 14.0. The summed E-state index contributed by atoms with van der Waals surface area (Å²) < 4.78 is 0. The van der Waals surface area contributed by atoms with E-state index in [0.717, 1.165) is 17.9 Å². The van der Waals surface area contributed by atoms with Crippen LogP contribution in [0.1, 0.15) is 91.9 Å². The molecule has 0 saturated carbocycles. The van der Waals surface area contributed by atoms with E-state index in [1.165, 1.54) is 64.2 Å². The Morgan fingerprint density at radius 2 is 1.37 bits per heavy atom. The van der Waals surface area contributed by atoms with Crippen LogP contribution in [0.15, 0.2) is 0 Å². The fourth-order valence-corrected chi connectivity index (χ4v) is 3.22. The molecule has 0 aromatic heterocycles. The standard InChI is InChI=1S/C18H39N/c1-6-9-11-12-13-15-17(14-10-7-2)18(19-5)16(4)8-3/h16-19H,6-15H2,1-5H3. The molecule has 1 nitrogen and oxygen atoms in total. The van der Waals surface area contributed by atoms with Gasteiger partial charge in [0.2, 0.25) is 0 Å². The van der Waals surface area contributed by atoms with Crippen LogP contribution in [0.4, 0.5) is 0 Å². The Labute approximate surface area is 122 Å². The van der Waals surface area contributed by atoms with Crippen molar-refractivity contribution in [2.45, 2.75) is 97.9 Å². The van der Waals surface area contributed by atoms with Crippen molar-refractivity contribution in [2.24, 2.45) is 11.8 Å². The molecule has 0 bridgehead atoms. The Balaban J connectivity index is 4.18. The van der Waals surface area contributed by atoms with Gasteiger partial charge >= 0.3 is 0 Å². The minimum absolute atomic E-state index is 0.725. The van der Waals surface area contributed by atoms with Gasteiger partial charge in [0.25, 0.3) is 0 Å². The second-order valence-electron chi connectivity index (χ2n) is 6.31. The highest BCUT2D eigenvalue weighted by molar-refractivity contribution is 4.79. The summed E-state index contributed by atoms with van der Waals surface area (Å²) in [6, 6.07) is 0.725. The normalized spacial score (nSPS) is 16.3. The van der Waals surface area contributed by atoms with Gasteiger partial charge in [-0.2, -0.15) is 0 Å². The van der Waals surface area contributed by atoms with Gasteiger partial charge in [-0.3, -0.25) is 0 Å². The first-order valence-electron chi connectivity index (χ1n) is 8.88. The van der Waals surface area contributed by atoms with Crippen molar-refractivity contribution in [2.75, 3.05) is 7.05 Å². The smallest absolute Gasteiger partial charge is 0.0118 e. The van der Waals surface area contributed by atoms with Crippen molar-refractivity contribution < 1.29 is 0 Å². The molecule has 0 rings (SSSR count). The molecule has 0 aromatic rings. The zero-order chi connectivity index (χ0) is 14.5. The predicted octanol–water partition coefficient (Wildman–Crippen LogP) is 5.79. The van der Waals surface area contributed by atoms with Gasteiger partial charge in [0.1, 0.15) is 0 Å². The van der Waals surface area contributed by atoms with Crippen molar-refractivity contribution in [1.29, 1.82) is 0 Å². The largest absolute Gasteiger partial charge is 0.316 e. The predicted molar refractivity (Wildman–Crippen MR) is 88.7 cm³/mol. The van der Waals surface area contributed by atoms with Crippen molar-refractivity contribution in [1.82, 2.24) is 5.32 Å².